The number of nitrogens with zero attached hydrogens (tertiary/aromatic N) is 1. The van der Waals surface area contributed by atoms with Gasteiger partial charge in [-0.1, -0.05) is 13.3 Å². The van der Waals surface area contributed by atoms with Crippen molar-refractivity contribution in [1.82, 2.24) is 15.2 Å². The first kappa shape index (κ1) is 15.1. The van der Waals surface area contributed by atoms with Gasteiger partial charge in [0, 0.05) is 38.4 Å². The molecule has 1 aliphatic rings. The van der Waals surface area contributed by atoms with Crippen LogP contribution in [0.3, 0.4) is 0 Å². The highest BCUT2D eigenvalue weighted by Gasteiger charge is 2.20. The van der Waals surface area contributed by atoms with Gasteiger partial charge in [0.2, 0.25) is 5.91 Å². The fourth-order valence-electron chi connectivity index (χ4n) is 2.93. The van der Waals surface area contributed by atoms with Crippen LogP contribution in [0.15, 0.2) is 12.4 Å². The molecule has 1 aliphatic carbocycles. The minimum atomic E-state index is 0.106. The zero-order valence-electron chi connectivity index (χ0n) is 12.7. The minimum absolute atomic E-state index is 0.106. The number of rotatable bonds is 6. The SMILES string of the molecule is CCCNC1CCCCc2cn(CCC(=O)NC)cc21. The number of aryl methyl sites for hydroxylation is 2. The van der Waals surface area contributed by atoms with Crippen molar-refractivity contribution in [3.63, 3.8) is 0 Å². The smallest absolute Gasteiger partial charge is 0.221 e. The first-order chi connectivity index (χ1) is 9.74. The van der Waals surface area contributed by atoms with Crippen LogP contribution < -0.4 is 10.6 Å². The Morgan fingerprint density at radius 2 is 2.25 bits per heavy atom. The van der Waals surface area contributed by atoms with Crippen molar-refractivity contribution in [2.24, 2.45) is 0 Å². The zero-order valence-corrected chi connectivity index (χ0v) is 12.7. The molecule has 4 nitrogen and oxygen atoms in total. The third-order valence-corrected chi connectivity index (χ3v) is 4.08. The van der Waals surface area contributed by atoms with Gasteiger partial charge in [-0.15, -0.1) is 0 Å². The second-order valence-corrected chi connectivity index (χ2v) is 5.65. The number of carbonyl (C=O) groups is 1. The van der Waals surface area contributed by atoms with Crippen LogP contribution in [0.1, 0.15) is 56.2 Å². The number of nitrogens with one attached hydrogen (secondary N) is 2. The highest BCUT2D eigenvalue weighted by molar-refractivity contribution is 5.75. The summed E-state index contributed by atoms with van der Waals surface area (Å²) in [5.74, 6) is 0.106. The van der Waals surface area contributed by atoms with Crippen LogP contribution in [0.25, 0.3) is 0 Å². The second-order valence-electron chi connectivity index (χ2n) is 5.65. The lowest BCUT2D eigenvalue weighted by atomic mass is 10.0. The molecule has 20 heavy (non-hydrogen) atoms. The molecule has 1 amide bonds. The van der Waals surface area contributed by atoms with E-state index in [0.29, 0.717) is 12.5 Å². The molecule has 1 aromatic heterocycles. The Balaban J connectivity index is 2.06. The van der Waals surface area contributed by atoms with Crippen molar-refractivity contribution >= 4 is 5.91 Å². The Morgan fingerprint density at radius 1 is 1.40 bits per heavy atom. The van der Waals surface area contributed by atoms with Crippen molar-refractivity contribution in [2.75, 3.05) is 13.6 Å². The summed E-state index contributed by atoms with van der Waals surface area (Å²) < 4.78 is 2.19. The minimum Gasteiger partial charge on any atom is -0.359 e. The number of hydrogen-bond donors (Lipinski definition) is 2. The summed E-state index contributed by atoms with van der Waals surface area (Å²) in [7, 11) is 1.69. The average Bonchev–Trinajstić information content (AvgIpc) is 2.78. The molecule has 1 heterocycles. The third-order valence-electron chi connectivity index (χ3n) is 4.08. The molecule has 0 spiro atoms. The predicted octanol–water partition coefficient (Wildman–Crippen LogP) is 2.39. The maximum absolute atomic E-state index is 11.4. The van der Waals surface area contributed by atoms with E-state index in [1.807, 2.05) is 0 Å². The molecule has 0 aromatic carbocycles. The quantitative estimate of drug-likeness (QED) is 0.784. The number of carbonyl (C=O) groups excluding carboxylic acids is 1. The van der Waals surface area contributed by atoms with Gasteiger partial charge in [0.15, 0.2) is 0 Å². The van der Waals surface area contributed by atoms with E-state index < -0.39 is 0 Å². The number of amides is 1. The molecule has 0 aliphatic heterocycles. The summed E-state index contributed by atoms with van der Waals surface area (Å²) >= 11 is 0. The lowest BCUT2D eigenvalue weighted by Gasteiger charge is -2.16. The normalized spacial score (nSPS) is 18.4. The van der Waals surface area contributed by atoms with E-state index in [4.69, 9.17) is 0 Å². The molecule has 0 radical (unpaired) electrons. The molecule has 0 saturated heterocycles. The Hall–Kier alpha value is -1.29. The molecule has 1 unspecified atom stereocenters. The van der Waals surface area contributed by atoms with Crippen molar-refractivity contribution in [3.8, 4) is 0 Å². The monoisotopic (exact) mass is 277 g/mol. The van der Waals surface area contributed by atoms with Gasteiger partial charge in [-0.3, -0.25) is 4.79 Å². The van der Waals surface area contributed by atoms with Gasteiger partial charge in [-0.2, -0.15) is 0 Å². The molecule has 2 rings (SSSR count). The summed E-state index contributed by atoms with van der Waals surface area (Å²) in [5, 5.41) is 6.34. The van der Waals surface area contributed by atoms with E-state index >= 15 is 0 Å². The Labute approximate surface area is 121 Å². The standard InChI is InChI=1S/C16H27N3O/c1-3-9-18-15-7-5-4-6-13-11-19(12-14(13)15)10-8-16(20)17-2/h11-12,15,18H,3-10H2,1-2H3,(H,17,20). The van der Waals surface area contributed by atoms with Crippen molar-refractivity contribution in [2.45, 2.75) is 58.0 Å². The van der Waals surface area contributed by atoms with E-state index in [1.165, 1.54) is 43.2 Å². The largest absolute Gasteiger partial charge is 0.359 e. The first-order valence-corrected chi connectivity index (χ1v) is 7.87. The first-order valence-electron chi connectivity index (χ1n) is 7.87. The van der Waals surface area contributed by atoms with Crippen LogP contribution in [-0.4, -0.2) is 24.1 Å². The van der Waals surface area contributed by atoms with Crippen molar-refractivity contribution < 1.29 is 4.79 Å². The van der Waals surface area contributed by atoms with Crippen LogP contribution in [0.2, 0.25) is 0 Å². The van der Waals surface area contributed by atoms with E-state index in [1.54, 1.807) is 7.05 Å². The number of fused-ring (bicyclic) bond motifs is 1. The van der Waals surface area contributed by atoms with Gasteiger partial charge in [-0.05, 0) is 43.4 Å². The maximum atomic E-state index is 11.4. The van der Waals surface area contributed by atoms with Gasteiger partial charge in [0.1, 0.15) is 0 Å². The highest BCUT2D eigenvalue weighted by Crippen LogP contribution is 2.29. The van der Waals surface area contributed by atoms with Crippen LogP contribution in [0, 0.1) is 0 Å². The summed E-state index contributed by atoms with van der Waals surface area (Å²) in [6.45, 7) is 4.06. The maximum Gasteiger partial charge on any atom is 0.221 e. The Morgan fingerprint density at radius 3 is 3.00 bits per heavy atom. The summed E-state index contributed by atoms with van der Waals surface area (Å²) in [6, 6.07) is 0.494. The van der Waals surface area contributed by atoms with Crippen LogP contribution in [0.4, 0.5) is 0 Å². The molecule has 0 fully saturated rings. The third kappa shape index (κ3) is 3.85. The molecule has 112 valence electrons. The molecular weight excluding hydrogens is 250 g/mol. The summed E-state index contributed by atoms with van der Waals surface area (Å²) in [5.41, 5.74) is 2.92. The van der Waals surface area contributed by atoms with E-state index in [-0.39, 0.29) is 5.91 Å². The molecule has 2 N–H and O–H groups in total. The molecule has 1 atom stereocenters. The predicted molar refractivity (Wildman–Crippen MR) is 81.7 cm³/mol. The molecule has 0 saturated carbocycles. The fourth-order valence-corrected chi connectivity index (χ4v) is 2.93. The number of aromatic nitrogens is 1. The van der Waals surface area contributed by atoms with E-state index in [9.17, 15) is 4.79 Å². The molecule has 0 bridgehead atoms. The van der Waals surface area contributed by atoms with Gasteiger partial charge < -0.3 is 15.2 Å². The summed E-state index contributed by atoms with van der Waals surface area (Å²) in [6.07, 6.45) is 11.2. The van der Waals surface area contributed by atoms with Crippen molar-refractivity contribution in [1.29, 1.82) is 0 Å². The topological polar surface area (TPSA) is 46.1 Å². The lowest BCUT2D eigenvalue weighted by Crippen LogP contribution is -2.22. The van der Waals surface area contributed by atoms with Crippen LogP contribution in [-0.2, 0) is 17.8 Å². The molecule has 1 aromatic rings. The second kappa shape index (κ2) is 7.48. The van der Waals surface area contributed by atoms with E-state index in [2.05, 4.69) is 34.5 Å². The van der Waals surface area contributed by atoms with Crippen LogP contribution >= 0.6 is 0 Å². The Bertz CT molecular complexity index is 439. The lowest BCUT2D eigenvalue weighted by molar-refractivity contribution is -0.120. The highest BCUT2D eigenvalue weighted by atomic mass is 16.1. The molecule has 4 heteroatoms. The van der Waals surface area contributed by atoms with Gasteiger partial charge in [0.05, 0.1) is 0 Å². The van der Waals surface area contributed by atoms with E-state index in [0.717, 1.165) is 13.1 Å². The van der Waals surface area contributed by atoms with Gasteiger partial charge in [-0.25, -0.2) is 0 Å². The Kier molecular flexibility index (Phi) is 5.65. The average molecular weight is 277 g/mol. The molecular formula is C16H27N3O. The van der Waals surface area contributed by atoms with Gasteiger partial charge >= 0.3 is 0 Å². The van der Waals surface area contributed by atoms with Crippen molar-refractivity contribution in [3.05, 3.63) is 23.5 Å². The van der Waals surface area contributed by atoms with Gasteiger partial charge in [0.25, 0.3) is 0 Å². The zero-order chi connectivity index (χ0) is 14.4. The summed E-state index contributed by atoms with van der Waals surface area (Å²) in [4.78, 5) is 11.4. The van der Waals surface area contributed by atoms with Crippen LogP contribution in [0.5, 0.6) is 0 Å². The number of hydrogen-bond acceptors (Lipinski definition) is 2. The fraction of sp³-hybridized carbons (Fsp3) is 0.688.